The number of ketones is 1. The Hall–Kier alpha value is -1.09. The molecule has 0 aliphatic rings. The van der Waals surface area contributed by atoms with E-state index in [-0.39, 0.29) is 11.2 Å². The first-order valence-electron chi connectivity index (χ1n) is 8.94. The standard InChI is InChI=1S/C20H34O2Si/c1-8-23(9-2,10-3)14-13-16-15-17(22-7)11-12-18(16)19(21)20(4,5)6/h11-12,15H,8-10,13-14H2,1-7H3. The van der Waals surface area contributed by atoms with Gasteiger partial charge >= 0.3 is 0 Å². The molecule has 0 N–H and O–H groups in total. The SMILES string of the molecule is CC[Si](CC)(CC)CCc1cc(OC)ccc1C(=O)C(C)(C)C. The summed E-state index contributed by atoms with van der Waals surface area (Å²) < 4.78 is 5.39. The molecule has 3 heteroatoms. The highest BCUT2D eigenvalue weighted by molar-refractivity contribution is 6.79. The summed E-state index contributed by atoms with van der Waals surface area (Å²) in [6.45, 7) is 13.0. The van der Waals surface area contributed by atoms with Gasteiger partial charge in [-0.1, -0.05) is 65.7 Å². The lowest BCUT2D eigenvalue weighted by molar-refractivity contribution is 0.0857. The Labute approximate surface area is 143 Å². The zero-order chi connectivity index (χ0) is 17.7. The van der Waals surface area contributed by atoms with Crippen LogP contribution in [0.25, 0.3) is 0 Å². The molecule has 130 valence electrons. The molecule has 2 nitrogen and oxygen atoms in total. The highest BCUT2D eigenvalue weighted by Crippen LogP contribution is 2.31. The normalized spacial score (nSPS) is 12.3. The number of carbonyl (C=O) groups excluding carboxylic acids is 1. The van der Waals surface area contributed by atoms with E-state index in [1.165, 1.54) is 24.2 Å². The third-order valence-corrected chi connectivity index (χ3v) is 11.2. The molecule has 0 aromatic heterocycles. The van der Waals surface area contributed by atoms with Crippen LogP contribution in [0.3, 0.4) is 0 Å². The van der Waals surface area contributed by atoms with Crippen molar-refractivity contribution >= 4 is 13.9 Å². The molecule has 0 aliphatic heterocycles. The van der Waals surface area contributed by atoms with Gasteiger partial charge in [0.15, 0.2) is 5.78 Å². The van der Waals surface area contributed by atoms with Crippen LogP contribution in [-0.4, -0.2) is 21.0 Å². The third-order valence-electron chi connectivity index (χ3n) is 5.41. The summed E-state index contributed by atoms with van der Waals surface area (Å²) in [5.41, 5.74) is 1.69. The van der Waals surface area contributed by atoms with Gasteiger partial charge in [0.2, 0.25) is 0 Å². The number of aryl methyl sites for hydroxylation is 1. The van der Waals surface area contributed by atoms with Crippen molar-refractivity contribution in [2.45, 2.75) is 72.1 Å². The Kier molecular flexibility index (Phi) is 7.06. The minimum atomic E-state index is -1.18. The van der Waals surface area contributed by atoms with Gasteiger partial charge < -0.3 is 4.74 Å². The number of hydrogen-bond acceptors (Lipinski definition) is 2. The molecule has 0 unspecified atom stereocenters. The predicted octanol–water partition coefficient (Wildman–Crippen LogP) is 5.98. The number of methoxy groups -OCH3 is 1. The van der Waals surface area contributed by atoms with Crippen molar-refractivity contribution in [2.75, 3.05) is 7.11 Å². The van der Waals surface area contributed by atoms with Crippen molar-refractivity contribution in [3.8, 4) is 5.75 Å². The molecule has 0 atom stereocenters. The van der Waals surface area contributed by atoms with Gasteiger partial charge in [-0.2, -0.15) is 0 Å². The van der Waals surface area contributed by atoms with Crippen LogP contribution < -0.4 is 4.74 Å². The van der Waals surface area contributed by atoms with Gasteiger partial charge in [-0.3, -0.25) is 4.79 Å². The van der Waals surface area contributed by atoms with E-state index in [1.54, 1.807) is 7.11 Å². The maximum absolute atomic E-state index is 12.8. The largest absolute Gasteiger partial charge is 0.497 e. The van der Waals surface area contributed by atoms with Crippen molar-refractivity contribution in [3.05, 3.63) is 29.3 Å². The van der Waals surface area contributed by atoms with E-state index in [9.17, 15) is 4.79 Å². The van der Waals surface area contributed by atoms with Gasteiger partial charge in [0.1, 0.15) is 5.75 Å². The average molecular weight is 335 g/mol. The molecule has 0 spiro atoms. The maximum atomic E-state index is 12.8. The average Bonchev–Trinajstić information content (AvgIpc) is 2.55. The second-order valence-electron chi connectivity index (χ2n) is 7.66. The summed E-state index contributed by atoms with van der Waals surface area (Å²) in [5, 5.41) is 0. The van der Waals surface area contributed by atoms with E-state index < -0.39 is 8.07 Å². The lowest BCUT2D eigenvalue weighted by Crippen LogP contribution is -2.32. The second kappa shape index (κ2) is 8.14. The molecule has 0 fully saturated rings. The fourth-order valence-electron chi connectivity index (χ4n) is 3.21. The van der Waals surface area contributed by atoms with Gasteiger partial charge in [0.05, 0.1) is 15.2 Å². The zero-order valence-corrected chi connectivity index (χ0v) is 17.1. The minimum absolute atomic E-state index is 0.229. The zero-order valence-electron chi connectivity index (χ0n) is 16.1. The molecule has 0 saturated heterocycles. The van der Waals surface area contributed by atoms with Crippen molar-refractivity contribution in [2.24, 2.45) is 5.41 Å². The number of Topliss-reactive ketones (excluding diaryl/α,β-unsaturated/α-hetero) is 1. The van der Waals surface area contributed by atoms with Gasteiger partial charge in [-0.15, -0.1) is 0 Å². The summed E-state index contributed by atoms with van der Waals surface area (Å²) in [4.78, 5) is 12.8. The van der Waals surface area contributed by atoms with Crippen molar-refractivity contribution in [1.82, 2.24) is 0 Å². The van der Waals surface area contributed by atoms with Crippen LogP contribution in [0.2, 0.25) is 24.2 Å². The van der Waals surface area contributed by atoms with Gasteiger partial charge in [-0.05, 0) is 30.2 Å². The predicted molar refractivity (Wildman–Crippen MR) is 102 cm³/mol. The van der Waals surface area contributed by atoms with Crippen LogP contribution in [0.1, 0.15) is 57.5 Å². The Morgan fingerprint density at radius 1 is 1.09 bits per heavy atom. The van der Waals surface area contributed by atoms with Gasteiger partial charge in [0.25, 0.3) is 0 Å². The lowest BCUT2D eigenvalue weighted by Gasteiger charge is -2.29. The van der Waals surface area contributed by atoms with Crippen molar-refractivity contribution < 1.29 is 9.53 Å². The topological polar surface area (TPSA) is 26.3 Å². The monoisotopic (exact) mass is 334 g/mol. The number of hydrogen-bond donors (Lipinski definition) is 0. The van der Waals surface area contributed by atoms with Gasteiger partial charge in [-0.25, -0.2) is 0 Å². The Balaban J connectivity index is 3.15. The van der Waals surface area contributed by atoms with Crippen LogP contribution in [0.4, 0.5) is 0 Å². The highest BCUT2D eigenvalue weighted by Gasteiger charge is 2.29. The molecule has 1 rings (SSSR count). The molecule has 0 bridgehead atoms. The summed E-state index contributed by atoms with van der Waals surface area (Å²) in [6, 6.07) is 11.2. The van der Waals surface area contributed by atoms with Crippen LogP contribution in [-0.2, 0) is 6.42 Å². The summed E-state index contributed by atoms with van der Waals surface area (Å²) in [6.07, 6.45) is 0.996. The summed E-state index contributed by atoms with van der Waals surface area (Å²) >= 11 is 0. The molecule has 0 amide bonds. The Morgan fingerprint density at radius 2 is 1.65 bits per heavy atom. The maximum Gasteiger partial charge on any atom is 0.168 e. The molecule has 0 radical (unpaired) electrons. The van der Waals surface area contributed by atoms with E-state index in [0.717, 1.165) is 23.3 Å². The quantitative estimate of drug-likeness (QED) is 0.432. The van der Waals surface area contributed by atoms with E-state index >= 15 is 0 Å². The van der Waals surface area contributed by atoms with E-state index in [2.05, 4.69) is 26.8 Å². The number of rotatable bonds is 8. The van der Waals surface area contributed by atoms with E-state index in [1.807, 2.05) is 32.9 Å². The number of carbonyl (C=O) groups is 1. The molecule has 0 saturated carbocycles. The van der Waals surface area contributed by atoms with Crippen LogP contribution >= 0.6 is 0 Å². The summed E-state index contributed by atoms with van der Waals surface area (Å²) in [7, 11) is 0.505. The smallest absolute Gasteiger partial charge is 0.168 e. The first-order chi connectivity index (χ1) is 10.7. The van der Waals surface area contributed by atoms with Crippen LogP contribution in [0.5, 0.6) is 5.75 Å². The van der Waals surface area contributed by atoms with E-state index in [0.29, 0.717) is 0 Å². The molecule has 0 heterocycles. The highest BCUT2D eigenvalue weighted by atomic mass is 28.3. The van der Waals surface area contributed by atoms with Crippen LogP contribution in [0.15, 0.2) is 18.2 Å². The van der Waals surface area contributed by atoms with Crippen LogP contribution in [0, 0.1) is 5.41 Å². The number of benzene rings is 1. The molecular formula is C20H34O2Si. The number of ether oxygens (including phenoxy) is 1. The molecule has 23 heavy (non-hydrogen) atoms. The van der Waals surface area contributed by atoms with E-state index in [4.69, 9.17) is 4.74 Å². The fourth-order valence-corrected chi connectivity index (χ4v) is 6.57. The first-order valence-corrected chi connectivity index (χ1v) is 11.8. The molecule has 1 aromatic rings. The second-order valence-corrected chi connectivity index (χ2v) is 13.3. The minimum Gasteiger partial charge on any atom is -0.497 e. The first kappa shape index (κ1) is 20.0. The lowest BCUT2D eigenvalue weighted by atomic mass is 9.84. The Morgan fingerprint density at radius 3 is 2.09 bits per heavy atom. The Bertz CT molecular complexity index is 517. The summed E-state index contributed by atoms with van der Waals surface area (Å²) in [5.74, 6) is 1.08. The molecule has 1 aromatic carbocycles. The molecular weight excluding hydrogens is 300 g/mol. The fraction of sp³-hybridized carbons (Fsp3) is 0.650. The van der Waals surface area contributed by atoms with Crippen molar-refractivity contribution in [3.63, 3.8) is 0 Å². The third kappa shape index (κ3) is 4.94. The molecule has 0 aliphatic carbocycles. The van der Waals surface area contributed by atoms with Gasteiger partial charge in [0, 0.05) is 11.0 Å². The van der Waals surface area contributed by atoms with Crippen molar-refractivity contribution in [1.29, 1.82) is 0 Å².